The lowest BCUT2D eigenvalue weighted by atomic mass is 9.86. The average molecular weight is 381 g/mol. The third-order valence-corrected chi connectivity index (χ3v) is 5.64. The van der Waals surface area contributed by atoms with Crippen molar-refractivity contribution in [3.8, 4) is 17.1 Å². The van der Waals surface area contributed by atoms with E-state index in [-0.39, 0.29) is 0 Å². The van der Waals surface area contributed by atoms with Crippen molar-refractivity contribution >= 4 is 5.57 Å². The van der Waals surface area contributed by atoms with Crippen molar-refractivity contribution < 1.29 is 4.74 Å². The van der Waals surface area contributed by atoms with Crippen LogP contribution in [0.15, 0.2) is 24.3 Å². The van der Waals surface area contributed by atoms with Crippen LogP contribution >= 0.6 is 0 Å². The van der Waals surface area contributed by atoms with Crippen LogP contribution in [0, 0.1) is 12.8 Å². The highest BCUT2D eigenvalue weighted by Gasteiger charge is 2.20. The Balaban J connectivity index is 2.64. The van der Waals surface area contributed by atoms with Crippen LogP contribution < -0.4 is 4.74 Å². The molecule has 0 bridgehead atoms. The van der Waals surface area contributed by atoms with Crippen LogP contribution in [0.3, 0.4) is 0 Å². The Morgan fingerprint density at radius 3 is 2.29 bits per heavy atom. The first-order chi connectivity index (χ1) is 13.4. The summed E-state index contributed by atoms with van der Waals surface area (Å²) in [6, 6.07) is 6.54. The molecule has 0 spiro atoms. The normalized spacial score (nSPS) is 12.1. The molecular formula is C25H36N2O. The third-order valence-electron chi connectivity index (χ3n) is 5.64. The molecule has 0 N–H and O–H groups in total. The number of nitrogens with zero attached hydrogens (tertiary/aromatic N) is 2. The minimum Gasteiger partial charge on any atom is -0.480 e. The molecule has 2 heterocycles. The van der Waals surface area contributed by atoms with Crippen molar-refractivity contribution in [1.29, 1.82) is 0 Å². The van der Waals surface area contributed by atoms with Crippen molar-refractivity contribution in [3.05, 3.63) is 46.8 Å². The van der Waals surface area contributed by atoms with E-state index in [1.165, 1.54) is 16.7 Å². The smallest absolute Gasteiger partial charge is 0.222 e. The molecule has 0 saturated heterocycles. The molecule has 3 heteroatoms. The summed E-state index contributed by atoms with van der Waals surface area (Å²) in [5, 5.41) is 0. The van der Waals surface area contributed by atoms with Gasteiger partial charge in [-0.25, -0.2) is 4.98 Å². The fraction of sp³-hybridized carbons (Fsp3) is 0.520. The van der Waals surface area contributed by atoms with Gasteiger partial charge in [-0.05, 0) is 79.8 Å². The molecular weight excluding hydrogens is 344 g/mol. The van der Waals surface area contributed by atoms with Gasteiger partial charge in [0.2, 0.25) is 5.88 Å². The van der Waals surface area contributed by atoms with E-state index < -0.39 is 0 Å². The predicted octanol–water partition coefficient (Wildman–Crippen LogP) is 6.99. The van der Waals surface area contributed by atoms with E-state index in [0.29, 0.717) is 17.7 Å². The highest BCUT2D eigenvalue weighted by molar-refractivity contribution is 5.75. The number of aromatic nitrogens is 2. The van der Waals surface area contributed by atoms with E-state index in [1.54, 1.807) is 7.11 Å². The number of hydrogen-bond acceptors (Lipinski definition) is 3. The molecule has 0 aliphatic heterocycles. The van der Waals surface area contributed by atoms with Crippen LogP contribution in [0.1, 0.15) is 82.8 Å². The molecule has 0 atom stereocenters. The molecule has 0 aliphatic carbocycles. The molecule has 2 aromatic heterocycles. The molecule has 0 fully saturated rings. The minimum atomic E-state index is 0.364. The van der Waals surface area contributed by atoms with E-state index in [1.807, 2.05) is 0 Å². The van der Waals surface area contributed by atoms with E-state index in [9.17, 15) is 0 Å². The summed E-state index contributed by atoms with van der Waals surface area (Å²) >= 11 is 0. The highest BCUT2D eigenvalue weighted by Crippen LogP contribution is 2.36. The van der Waals surface area contributed by atoms with Gasteiger partial charge >= 0.3 is 0 Å². The number of methoxy groups -OCH3 is 1. The van der Waals surface area contributed by atoms with E-state index >= 15 is 0 Å². The summed E-state index contributed by atoms with van der Waals surface area (Å²) in [7, 11) is 1.69. The van der Waals surface area contributed by atoms with Crippen molar-refractivity contribution in [2.75, 3.05) is 7.11 Å². The molecule has 2 rings (SSSR count). The summed E-state index contributed by atoms with van der Waals surface area (Å²) in [5.41, 5.74) is 8.01. The minimum absolute atomic E-state index is 0.364. The standard InChI is InChI=1S/C25H36N2O/c1-9-18(10-2)20(12-4)22-15-19(11-3)24(26-17(22)7)21-13-14-23(16(5)6)27-25(21)28-8/h12-16,18H,9-11H2,1-8H3/b20-12-. The molecule has 0 unspecified atom stereocenters. The largest absolute Gasteiger partial charge is 0.480 e. The first kappa shape index (κ1) is 22.1. The molecule has 0 amide bonds. The molecule has 0 radical (unpaired) electrons. The van der Waals surface area contributed by atoms with Gasteiger partial charge in [0.25, 0.3) is 0 Å². The summed E-state index contributed by atoms with van der Waals surface area (Å²) < 4.78 is 5.64. The number of rotatable bonds is 8. The number of hydrogen-bond donors (Lipinski definition) is 0. The number of allylic oxidation sites excluding steroid dienone is 2. The molecule has 152 valence electrons. The number of aryl methyl sites for hydroxylation is 2. The lowest BCUT2D eigenvalue weighted by molar-refractivity contribution is 0.397. The van der Waals surface area contributed by atoms with Crippen LogP contribution in [0.4, 0.5) is 0 Å². The topological polar surface area (TPSA) is 35.0 Å². The van der Waals surface area contributed by atoms with Crippen molar-refractivity contribution in [3.63, 3.8) is 0 Å². The summed E-state index contributed by atoms with van der Waals surface area (Å²) in [4.78, 5) is 9.78. The van der Waals surface area contributed by atoms with Crippen LogP contribution in [-0.2, 0) is 6.42 Å². The predicted molar refractivity (Wildman–Crippen MR) is 120 cm³/mol. The van der Waals surface area contributed by atoms with Gasteiger partial charge in [0.1, 0.15) is 0 Å². The van der Waals surface area contributed by atoms with Crippen LogP contribution in [-0.4, -0.2) is 17.1 Å². The lowest BCUT2D eigenvalue weighted by Gasteiger charge is -2.21. The quantitative estimate of drug-likeness (QED) is 0.495. The Kier molecular flexibility index (Phi) is 7.79. The fourth-order valence-corrected chi connectivity index (χ4v) is 3.89. The third kappa shape index (κ3) is 4.45. The highest BCUT2D eigenvalue weighted by atomic mass is 16.5. The lowest BCUT2D eigenvalue weighted by Crippen LogP contribution is -2.07. The van der Waals surface area contributed by atoms with E-state index in [2.05, 4.69) is 72.7 Å². The zero-order chi connectivity index (χ0) is 20.8. The Hall–Kier alpha value is -2.16. The molecule has 0 aliphatic rings. The maximum Gasteiger partial charge on any atom is 0.222 e. The Labute approximate surface area is 171 Å². The summed E-state index contributed by atoms with van der Waals surface area (Å²) in [6.45, 7) is 15.3. The first-order valence-corrected chi connectivity index (χ1v) is 10.6. The van der Waals surface area contributed by atoms with Crippen LogP contribution in [0.25, 0.3) is 16.8 Å². The zero-order valence-electron chi connectivity index (χ0n) is 18.9. The van der Waals surface area contributed by atoms with Gasteiger partial charge in [-0.2, -0.15) is 0 Å². The molecule has 3 nitrogen and oxygen atoms in total. The Bertz CT molecular complexity index is 833. The maximum atomic E-state index is 5.64. The monoisotopic (exact) mass is 380 g/mol. The second kappa shape index (κ2) is 9.86. The zero-order valence-corrected chi connectivity index (χ0v) is 18.9. The second-order valence-corrected chi connectivity index (χ2v) is 7.69. The molecule has 0 aromatic carbocycles. The molecule has 0 saturated carbocycles. The number of ether oxygens (including phenoxy) is 1. The fourth-order valence-electron chi connectivity index (χ4n) is 3.89. The van der Waals surface area contributed by atoms with Crippen molar-refractivity contribution in [2.45, 2.75) is 73.6 Å². The van der Waals surface area contributed by atoms with Gasteiger partial charge in [-0.15, -0.1) is 0 Å². The van der Waals surface area contributed by atoms with E-state index in [4.69, 9.17) is 14.7 Å². The van der Waals surface area contributed by atoms with E-state index in [0.717, 1.165) is 41.9 Å². The molecule has 28 heavy (non-hydrogen) atoms. The van der Waals surface area contributed by atoms with Crippen LogP contribution in [0.2, 0.25) is 0 Å². The first-order valence-electron chi connectivity index (χ1n) is 10.6. The van der Waals surface area contributed by atoms with Gasteiger partial charge in [0.05, 0.1) is 18.4 Å². The van der Waals surface area contributed by atoms with Gasteiger partial charge < -0.3 is 4.74 Å². The summed E-state index contributed by atoms with van der Waals surface area (Å²) in [5.74, 6) is 1.59. The average Bonchev–Trinajstić information content (AvgIpc) is 2.71. The Morgan fingerprint density at radius 2 is 1.79 bits per heavy atom. The maximum absolute atomic E-state index is 5.64. The SMILES string of the molecule is C/C=C(\c1cc(CC)c(-c2ccc(C(C)C)nc2OC)nc1C)C(CC)CC. The van der Waals surface area contributed by atoms with Gasteiger partial charge in [-0.1, -0.05) is 40.7 Å². The number of pyridine rings is 2. The van der Waals surface area contributed by atoms with Crippen LogP contribution in [0.5, 0.6) is 5.88 Å². The van der Waals surface area contributed by atoms with Gasteiger partial charge in [-0.3, -0.25) is 4.98 Å². The second-order valence-electron chi connectivity index (χ2n) is 7.69. The van der Waals surface area contributed by atoms with Crippen molar-refractivity contribution in [2.24, 2.45) is 5.92 Å². The van der Waals surface area contributed by atoms with Crippen molar-refractivity contribution in [1.82, 2.24) is 9.97 Å². The summed E-state index contributed by atoms with van der Waals surface area (Å²) in [6.07, 6.45) is 5.48. The van der Waals surface area contributed by atoms with Gasteiger partial charge in [0, 0.05) is 11.4 Å². The Morgan fingerprint density at radius 1 is 1.11 bits per heavy atom. The molecule has 2 aromatic rings. The van der Waals surface area contributed by atoms with Gasteiger partial charge in [0.15, 0.2) is 0 Å².